The fourth-order valence-electron chi connectivity index (χ4n) is 1.17. The Hall–Kier alpha value is -2.24. The number of amides is 2. The summed E-state index contributed by atoms with van der Waals surface area (Å²) in [5.41, 5.74) is 6.38. The molecule has 0 aliphatic carbocycles. The number of nitrogens with two attached hydrogens (primary N) is 1. The van der Waals surface area contributed by atoms with Crippen molar-refractivity contribution in [3.05, 3.63) is 28.7 Å². The van der Waals surface area contributed by atoms with Gasteiger partial charge in [-0.1, -0.05) is 0 Å². The third-order valence-corrected chi connectivity index (χ3v) is 1.69. The maximum Gasteiger partial charge on any atom is 0.417 e. The number of hydrogen-bond donors (Lipinski definition) is 3. The van der Waals surface area contributed by atoms with Crippen LogP contribution in [-0.4, -0.2) is 11.0 Å². The van der Waals surface area contributed by atoms with Crippen molar-refractivity contribution in [1.29, 1.82) is 0 Å². The van der Waals surface area contributed by atoms with Crippen LogP contribution in [0.1, 0.15) is 0 Å². The maximum atomic E-state index is 10.8. The van der Waals surface area contributed by atoms with Crippen LogP contribution in [0.3, 0.4) is 0 Å². The number of oxazole rings is 1. The Kier molecular flexibility index (Phi) is 1.74. The number of carbonyl (C=O) groups excluding carboxylic acids is 1. The first-order valence-electron chi connectivity index (χ1n) is 3.84. The van der Waals surface area contributed by atoms with Crippen molar-refractivity contribution in [1.82, 2.24) is 4.98 Å². The van der Waals surface area contributed by atoms with Crippen molar-refractivity contribution in [2.45, 2.75) is 0 Å². The summed E-state index contributed by atoms with van der Waals surface area (Å²) < 4.78 is 4.77. The molecule has 2 aromatic rings. The molecule has 72 valence electrons. The molecular weight excluding hydrogens is 186 g/mol. The highest BCUT2D eigenvalue weighted by Crippen LogP contribution is 2.15. The molecule has 4 N–H and O–H groups in total. The summed E-state index contributed by atoms with van der Waals surface area (Å²) in [7, 11) is 0. The summed E-state index contributed by atoms with van der Waals surface area (Å²) in [6, 6.07) is 4.06. The Balaban J connectivity index is 2.50. The number of anilines is 1. The van der Waals surface area contributed by atoms with Gasteiger partial charge in [0.25, 0.3) is 0 Å². The second-order valence-corrected chi connectivity index (χ2v) is 2.71. The number of benzene rings is 1. The minimum Gasteiger partial charge on any atom is -0.408 e. The first-order chi connectivity index (χ1) is 6.65. The fraction of sp³-hybridized carbons (Fsp3) is 0. The van der Waals surface area contributed by atoms with E-state index in [4.69, 9.17) is 10.2 Å². The zero-order valence-electron chi connectivity index (χ0n) is 7.03. The van der Waals surface area contributed by atoms with Crippen molar-refractivity contribution in [2.75, 3.05) is 5.32 Å². The number of aromatic amines is 1. The van der Waals surface area contributed by atoms with Crippen molar-refractivity contribution in [3.63, 3.8) is 0 Å². The summed E-state index contributed by atoms with van der Waals surface area (Å²) in [6.07, 6.45) is 0. The number of urea groups is 1. The molecule has 0 aliphatic heterocycles. The van der Waals surface area contributed by atoms with Crippen LogP contribution >= 0.6 is 0 Å². The van der Waals surface area contributed by atoms with Gasteiger partial charge in [0.15, 0.2) is 5.58 Å². The molecule has 1 aromatic heterocycles. The average molecular weight is 193 g/mol. The first kappa shape index (κ1) is 8.36. The number of H-pyrrole nitrogens is 1. The average Bonchev–Trinajstić information content (AvgIpc) is 2.42. The van der Waals surface area contributed by atoms with E-state index in [1.54, 1.807) is 18.2 Å². The predicted molar refractivity (Wildman–Crippen MR) is 50.0 cm³/mol. The minimum absolute atomic E-state index is 0.435. The molecule has 0 saturated heterocycles. The Labute approximate surface area is 77.7 Å². The predicted octanol–water partition coefficient (Wildman–Crippen LogP) is 0.612. The number of primary amides is 1. The molecule has 14 heavy (non-hydrogen) atoms. The standard InChI is InChI=1S/C8H7N3O3/c9-7(12)10-4-1-2-6-5(3-4)11-8(13)14-6/h1-3H,(H,11,13)(H3,9,10,12). The van der Waals surface area contributed by atoms with Crippen LogP contribution in [0.2, 0.25) is 0 Å². The van der Waals surface area contributed by atoms with Gasteiger partial charge in [-0.2, -0.15) is 0 Å². The van der Waals surface area contributed by atoms with Crippen LogP contribution in [0.15, 0.2) is 27.4 Å². The number of hydrogen-bond acceptors (Lipinski definition) is 3. The highest BCUT2D eigenvalue weighted by molar-refractivity contribution is 5.90. The van der Waals surface area contributed by atoms with Gasteiger partial charge < -0.3 is 15.5 Å². The Morgan fingerprint density at radius 3 is 3.00 bits per heavy atom. The molecule has 6 nitrogen and oxygen atoms in total. The maximum absolute atomic E-state index is 10.8. The van der Waals surface area contributed by atoms with E-state index < -0.39 is 11.8 Å². The topological polar surface area (TPSA) is 101 Å². The molecule has 1 aromatic carbocycles. The molecule has 0 fully saturated rings. The third-order valence-electron chi connectivity index (χ3n) is 1.69. The zero-order chi connectivity index (χ0) is 10.1. The van der Waals surface area contributed by atoms with Gasteiger partial charge in [0, 0.05) is 5.69 Å². The number of carbonyl (C=O) groups is 1. The fourth-order valence-corrected chi connectivity index (χ4v) is 1.17. The van der Waals surface area contributed by atoms with Crippen LogP contribution in [0.4, 0.5) is 10.5 Å². The lowest BCUT2D eigenvalue weighted by molar-refractivity contribution is 0.259. The van der Waals surface area contributed by atoms with E-state index in [9.17, 15) is 9.59 Å². The molecule has 0 radical (unpaired) electrons. The highest BCUT2D eigenvalue weighted by atomic mass is 16.4. The Morgan fingerprint density at radius 2 is 2.29 bits per heavy atom. The zero-order valence-corrected chi connectivity index (χ0v) is 7.03. The molecule has 0 unspecified atom stereocenters. The van der Waals surface area contributed by atoms with Gasteiger partial charge in [-0.25, -0.2) is 9.59 Å². The van der Waals surface area contributed by atoms with Gasteiger partial charge in [-0.15, -0.1) is 0 Å². The molecule has 0 atom stereocenters. The Morgan fingerprint density at radius 1 is 1.50 bits per heavy atom. The molecule has 6 heteroatoms. The first-order valence-corrected chi connectivity index (χ1v) is 3.84. The van der Waals surface area contributed by atoms with E-state index in [0.717, 1.165) is 0 Å². The second kappa shape index (κ2) is 2.91. The number of fused-ring (bicyclic) bond motifs is 1. The van der Waals surface area contributed by atoms with Gasteiger partial charge in [0.1, 0.15) is 0 Å². The monoisotopic (exact) mass is 193 g/mol. The second-order valence-electron chi connectivity index (χ2n) is 2.71. The quantitative estimate of drug-likeness (QED) is 0.618. The van der Waals surface area contributed by atoms with Crippen molar-refractivity contribution in [3.8, 4) is 0 Å². The largest absolute Gasteiger partial charge is 0.417 e. The number of aromatic nitrogens is 1. The number of rotatable bonds is 1. The highest BCUT2D eigenvalue weighted by Gasteiger charge is 2.02. The van der Waals surface area contributed by atoms with E-state index in [2.05, 4.69) is 10.3 Å². The summed E-state index contributed by atoms with van der Waals surface area (Å²) in [6.45, 7) is 0. The van der Waals surface area contributed by atoms with Crippen molar-refractivity contribution in [2.24, 2.45) is 5.73 Å². The lowest BCUT2D eigenvalue weighted by Crippen LogP contribution is -2.19. The van der Waals surface area contributed by atoms with Gasteiger partial charge in [-0.05, 0) is 18.2 Å². The van der Waals surface area contributed by atoms with Gasteiger partial charge in [0.05, 0.1) is 5.52 Å². The smallest absolute Gasteiger partial charge is 0.408 e. The van der Waals surface area contributed by atoms with E-state index in [-0.39, 0.29) is 0 Å². The van der Waals surface area contributed by atoms with Crippen LogP contribution in [-0.2, 0) is 0 Å². The SMILES string of the molecule is NC(=O)Nc1ccc2oc(=O)[nH]c2c1. The van der Waals surface area contributed by atoms with Crippen LogP contribution in [0.5, 0.6) is 0 Å². The number of nitrogens with one attached hydrogen (secondary N) is 2. The molecule has 1 heterocycles. The summed E-state index contributed by atoms with van der Waals surface area (Å²) in [5.74, 6) is -0.531. The van der Waals surface area contributed by atoms with Gasteiger partial charge >= 0.3 is 11.8 Å². The van der Waals surface area contributed by atoms with E-state index in [1.165, 1.54) is 0 Å². The molecule has 0 bridgehead atoms. The summed E-state index contributed by atoms with van der Waals surface area (Å²) in [5, 5.41) is 2.38. The third kappa shape index (κ3) is 1.45. The van der Waals surface area contributed by atoms with E-state index in [0.29, 0.717) is 16.8 Å². The lowest BCUT2D eigenvalue weighted by atomic mass is 10.3. The molecule has 0 spiro atoms. The minimum atomic E-state index is -0.657. The molecule has 2 rings (SSSR count). The van der Waals surface area contributed by atoms with Gasteiger partial charge in [-0.3, -0.25) is 4.98 Å². The van der Waals surface area contributed by atoms with Crippen LogP contribution < -0.4 is 16.8 Å². The van der Waals surface area contributed by atoms with Crippen molar-refractivity contribution < 1.29 is 9.21 Å². The van der Waals surface area contributed by atoms with E-state index >= 15 is 0 Å². The van der Waals surface area contributed by atoms with Crippen LogP contribution in [0.25, 0.3) is 11.1 Å². The van der Waals surface area contributed by atoms with Crippen molar-refractivity contribution >= 4 is 22.8 Å². The summed E-state index contributed by atoms with van der Waals surface area (Å²) >= 11 is 0. The molecule has 0 aliphatic rings. The molecular formula is C8H7N3O3. The Bertz CT molecular complexity index is 540. The normalized spacial score (nSPS) is 10.3. The van der Waals surface area contributed by atoms with Gasteiger partial charge in [0.2, 0.25) is 0 Å². The van der Waals surface area contributed by atoms with E-state index in [1.807, 2.05) is 0 Å². The summed E-state index contributed by atoms with van der Waals surface area (Å²) in [4.78, 5) is 23.8. The molecule has 2 amide bonds. The lowest BCUT2D eigenvalue weighted by Gasteiger charge is -1.99. The van der Waals surface area contributed by atoms with Crippen LogP contribution in [0, 0.1) is 0 Å². The molecule has 0 saturated carbocycles.